The van der Waals surface area contributed by atoms with Gasteiger partial charge in [-0.3, -0.25) is 14.2 Å². The minimum atomic E-state index is -0.432. The molecule has 1 aliphatic rings. The second-order valence-electron chi connectivity index (χ2n) is 6.64. The molecule has 0 fully saturated rings. The van der Waals surface area contributed by atoms with Crippen molar-refractivity contribution in [3.05, 3.63) is 81.7 Å². The van der Waals surface area contributed by atoms with Gasteiger partial charge in [-0.05, 0) is 55.8 Å². The number of hydrogen-bond donors (Lipinski definition) is 0. The van der Waals surface area contributed by atoms with E-state index in [-0.39, 0.29) is 23.7 Å². The summed E-state index contributed by atoms with van der Waals surface area (Å²) in [6.07, 6.45) is 2.34. The van der Waals surface area contributed by atoms with Gasteiger partial charge in [-0.15, -0.1) is 0 Å². The highest BCUT2D eigenvalue weighted by atomic mass is 16.5. The van der Waals surface area contributed by atoms with Gasteiger partial charge in [0.25, 0.3) is 5.56 Å². The molecule has 140 valence electrons. The van der Waals surface area contributed by atoms with Crippen LogP contribution in [0.3, 0.4) is 0 Å². The molecule has 1 unspecified atom stereocenters. The monoisotopic (exact) mass is 374 g/mol. The predicted octanol–water partition coefficient (Wildman–Crippen LogP) is 3.61. The van der Waals surface area contributed by atoms with Crippen LogP contribution in [-0.2, 0) is 6.42 Å². The van der Waals surface area contributed by atoms with Crippen molar-refractivity contribution in [3.8, 4) is 17.5 Å². The summed E-state index contributed by atoms with van der Waals surface area (Å²) in [7, 11) is 0. The van der Waals surface area contributed by atoms with Crippen molar-refractivity contribution in [1.29, 1.82) is 5.26 Å². The number of hydrogen-bond acceptors (Lipinski definition) is 5. The van der Waals surface area contributed by atoms with Gasteiger partial charge in [-0.2, -0.15) is 5.26 Å². The molecule has 0 radical (unpaired) electrons. The van der Waals surface area contributed by atoms with E-state index < -0.39 is 5.56 Å². The molecule has 0 bridgehead atoms. The van der Waals surface area contributed by atoms with E-state index in [1.165, 1.54) is 10.6 Å². The van der Waals surface area contributed by atoms with Crippen molar-refractivity contribution in [2.45, 2.75) is 25.7 Å². The van der Waals surface area contributed by atoms with E-state index in [0.29, 0.717) is 41.5 Å². The second kappa shape index (κ2) is 7.20. The fourth-order valence-corrected chi connectivity index (χ4v) is 3.67. The maximum Gasteiger partial charge on any atom is 0.273 e. The topological polar surface area (TPSA) is 85.2 Å². The zero-order chi connectivity index (χ0) is 19.7. The highest BCUT2D eigenvalue weighted by Crippen LogP contribution is 2.33. The molecular weight excluding hydrogens is 356 g/mol. The van der Waals surface area contributed by atoms with Gasteiger partial charge in [0.1, 0.15) is 23.1 Å². The number of ketones is 1. The smallest absolute Gasteiger partial charge is 0.273 e. The van der Waals surface area contributed by atoms with E-state index in [1.807, 2.05) is 19.1 Å². The Morgan fingerprint density at radius 1 is 1.21 bits per heavy atom. The van der Waals surface area contributed by atoms with Gasteiger partial charge in [-0.25, -0.2) is 0 Å². The van der Waals surface area contributed by atoms with Crippen LogP contribution in [0.4, 0.5) is 0 Å². The number of Topliss-reactive ketones (excluding diaryl/α,β-unsaturated/α-hetero) is 1. The summed E-state index contributed by atoms with van der Waals surface area (Å²) in [5.41, 5.74) is 1.14. The number of fused-ring (bicyclic) bond motifs is 1. The van der Waals surface area contributed by atoms with Gasteiger partial charge in [0.15, 0.2) is 5.78 Å². The molecule has 1 aromatic carbocycles. The molecule has 0 saturated carbocycles. The molecule has 3 aromatic rings. The molecule has 0 saturated heterocycles. The molecule has 1 atom stereocenters. The first-order valence-corrected chi connectivity index (χ1v) is 9.11. The Morgan fingerprint density at radius 2 is 2.00 bits per heavy atom. The summed E-state index contributed by atoms with van der Waals surface area (Å²) < 4.78 is 12.4. The summed E-state index contributed by atoms with van der Waals surface area (Å²) >= 11 is 0. The van der Waals surface area contributed by atoms with Gasteiger partial charge >= 0.3 is 0 Å². The molecule has 2 aromatic heterocycles. The largest absolute Gasteiger partial charge is 0.494 e. The summed E-state index contributed by atoms with van der Waals surface area (Å²) in [5.74, 6) is 1.17. The van der Waals surface area contributed by atoms with Crippen molar-refractivity contribution in [3.63, 3.8) is 0 Å². The summed E-state index contributed by atoms with van der Waals surface area (Å²) in [6.45, 7) is 2.43. The van der Waals surface area contributed by atoms with Crippen LogP contribution in [0.15, 0.2) is 57.9 Å². The van der Waals surface area contributed by atoms with Crippen LogP contribution >= 0.6 is 0 Å². The van der Waals surface area contributed by atoms with Crippen LogP contribution in [0.1, 0.15) is 46.6 Å². The molecule has 6 nitrogen and oxygen atoms in total. The molecular formula is C22H18N2O4. The lowest BCUT2D eigenvalue weighted by Crippen LogP contribution is -2.31. The lowest BCUT2D eigenvalue weighted by Gasteiger charge is -2.25. The van der Waals surface area contributed by atoms with Gasteiger partial charge in [0, 0.05) is 29.3 Å². The van der Waals surface area contributed by atoms with Crippen molar-refractivity contribution in [1.82, 2.24) is 4.57 Å². The number of ether oxygens (including phenoxy) is 1. The van der Waals surface area contributed by atoms with Gasteiger partial charge in [0.2, 0.25) is 0 Å². The van der Waals surface area contributed by atoms with Gasteiger partial charge < -0.3 is 9.15 Å². The van der Waals surface area contributed by atoms with E-state index in [9.17, 15) is 14.9 Å². The van der Waals surface area contributed by atoms with Crippen molar-refractivity contribution < 1.29 is 13.9 Å². The standard InChI is InChI=1S/C22H18N2O4/c1-2-27-17-7-5-16(6-8-17)24-19-11-14(21-4-3-9-28-21)12-20(25)18(19)10-15(13-23)22(24)26/h3-10,14H,2,11-12H2,1H3. The van der Waals surface area contributed by atoms with E-state index in [1.54, 1.807) is 36.6 Å². The minimum Gasteiger partial charge on any atom is -0.494 e. The number of benzene rings is 1. The molecule has 28 heavy (non-hydrogen) atoms. The molecule has 4 rings (SSSR count). The van der Waals surface area contributed by atoms with Crippen molar-refractivity contribution in [2.24, 2.45) is 0 Å². The lowest BCUT2D eigenvalue weighted by molar-refractivity contribution is 0.0958. The summed E-state index contributed by atoms with van der Waals surface area (Å²) in [6, 6.07) is 14.0. The first kappa shape index (κ1) is 17.8. The lowest BCUT2D eigenvalue weighted by atomic mass is 9.83. The quantitative estimate of drug-likeness (QED) is 0.696. The minimum absolute atomic E-state index is 0.0440. The Bertz CT molecular complexity index is 1120. The normalized spacial score (nSPS) is 15.7. The van der Waals surface area contributed by atoms with Crippen molar-refractivity contribution in [2.75, 3.05) is 6.61 Å². The van der Waals surface area contributed by atoms with Crippen LogP contribution in [-0.4, -0.2) is 17.0 Å². The number of aromatic nitrogens is 1. The number of pyridine rings is 1. The fourth-order valence-electron chi connectivity index (χ4n) is 3.67. The molecule has 0 N–H and O–H groups in total. The zero-order valence-corrected chi connectivity index (χ0v) is 15.3. The third-order valence-corrected chi connectivity index (χ3v) is 4.95. The molecule has 0 spiro atoms. The van der Waals surface area contributed by atoms with Gasteiger partial charge in [-0.1, -0.05) is 0 Å². The summed E-state index contributed by atoms with van der Waals surface area (Å²) in [4.78, 5) is 25.8. The predicted molar refractivity (Wildman–Crippen MR) is 102 cm³/mol. The first-order chi connectivity index (χ1) is 13.6. The first-order valence-electron chi connectivity index (χ1n) is 9.11. The number of furan rings is 1. The molecule has 0 aliphatic heterocycles. The highest BCUT2D eigenvalue weighted by molar-refractivity contribution is 5.99. The van der Waals surface area contributed by atoms with Crippen LogP contribution in [0.2, 0.25) is 0 Å². The Labute approximate surface area is 161 Å². The van der Waals surface area contributed by atoms with Crippen LogP contribution in [0.5, 0.6) is 5.75 Å². The average Bonchev–Trinajstić information content (AvgIpc) is 3.23. The second-order valence-corrected chi connectivity index (χ2v) is 6.64. The maximum atomic E-state index is 13.0. The van der Waals surface area contributed by atoms with Crippen LogP contribution in [0, 0.1) is 11.3 Å². The number of nitriles is 1. The van der Waals surface area contributed by atoms with Crippen LogP contribution < -0.4 is 10.3 Å². The van der Waals surface area contributed by atoms with Crippen LogP contribution in [0.25, 0.3) is 5.69 Å². The van der Waals surface area contributed by atoms with E-state index in [4.69, 9.17) is 9.15 Å². The van der Waals surface area contributed by atoms with Crippen molar-refractivity contribution >= 4 is 5.78 Å². The van der Waals surface area contributed by atoms with Gasteiger partial charge in [0.05, 0.1) is 12.9 Å². The maximum absolute atomic E-state index is 13.0. The number of carbonyl (C=O) groups excluding carboxylic acids is 1. The zero-order valence-electron chi connectivity index (χ0n) is 15.3. The Balaban J connectivity index is 1.88. The molecule has 0 amide bonds. The fraction of sp³-hybridized carbons (Fsp3) is 0.227. The number of rotatable bonds is 4. The number of carbonyl (C=O) groups is 1. The summed E-state index contributed by atoms with van der Waals surface area (Å²) in [5, 5.41) is 9.38. The average molecular weight is 374 g/mol. The molecule has 6 heteroatoms. The third-order valence-electron chi connectivity index (χ3n) is 4.95. The van der Waals surface area contributed by atoms with E-state index in [2.05, 4.69) is 0 Å². The third kappa shape index (κ3) is 3.01. The SMILES string of the molecule is CCOc1ccc(-n2c3c(cc(C#N)c2=O)C(=O)CC(c2ccco2)C3)cc1. The Morgan fingerprint density at radius 3 is 2.64 bits per heavy atom. The Hall–Kier alpha value is -3.59. The van der Waals surface area contributed by atoms with E-state index >= 15 is 0 Å². The van der Waals surface area contributed by atoms with E-state index in [0.717, 1.165) is 0 Å². The molecule has 1 aliphatic carbocycles. The Kier molecular flexibility index (Phi) is 4.58. The highest BCUT2D eigenvalue weighted by Gasteiger charge is 2.31. The molecule has 2 heterocycles. The number of nitrogens with zero attached hydrogens (tertiary/aromatic N) is 2.